The Morgan fingerprint density at radius 2 is 2.12 bits per heavy atom. The number of carbonyl (C=O) groups excluding carboxylic acids is 1. The van der Waals surface area contributed by atoms with E-state index in [1.165, 1.54) is 0 Å². The molecule has 1 fully saturated rings. The van der Waals surface area contributed by atoms with Gasteiger partial charge in [0, 0.05) is 37.3 Å². The van der Waals surface area contributed by atoms with Gasteiger partial charge < -0.3 is 14.7 Å². The Hall–Kier alpha value is -3.88. The molecule has 1 aliphatic heterocycles. The number of pyridine rings is 1. The predicted molar refractivity (Wildman–Crippen MR) is 125 cm³/mol. The molecule has 1 unspecified atom stereocenters. The van der Waals surface area contributed by atoms with Gasteiger partial charge in [0.1, 0.15) is 17.2 Å². The van der Waals surface area contributed by atoms with Crippen LogP contribution in [0.4, 0.5) is 11.5 Å². The molecular formula is C24H25N7O2. The molecule has 3 aromatic heterocycles. The zero-order valence-corrected chi connectivity index (χ0v) is 18.7. The van der Waals surface area contributed by atoms with E-state index in [0.717, 1.165) is 41.8 Å². The highest BCUT2D eigenvalue weighted by atomic mass is 16.5. The average Bonchev–Trinajstić information content (AvgIpc) is 3.33. The molecular weight excluding hydrogens is 418 g/mol. The van der Waals surface area contributed by atoms with Crippen molar-refractivity contribution in [2.45, 2.75) is 33.1 Å². The number of carbonyl (C=O) groups is 1. The van der Waals surface area contributed by atoms with E-state index < -0.39 is 0 Å². The van der Waals surface area contributed by atoms with Gasteiger partial charge in [-0.25, -0.2) is 9.97 Å². The van der Waals surface area contributed by atoms with E-state index in [-0.39, 0.29) is 11.8 Å². The fourth-order valence-electron chi connectivity index (χ4n) is 4.19. The molecule has 4 heterocycles. The molecule has 33 heavy (non-hydrogen) atoms. The molecule has 1 saturated heterocycles. The van der Waals surface area contributed by atoms with Crippen molar-refractivity contribution >= 4 is 28.3 Å². The van der Waals surface area contributed by atoms with Crippen molar-refractivity contribution < 1.29 is 9.32 Å². The number of hydrogen-bond donors (Lipinski definition) is 1. The fraction of sp³-hybridized carbons (Fsp3) is 0.333. The zero-order valence-electron chi connectivity index (χ0n) is 18.7. The summed E-state index contributed by atoms with van der Waals surface area (Å²) in [6.07, 6.45) is 5.84. The van der Waals surface area contributed by atoms with Crippen LogP contribution in [-0.4, -0.2) is 44.1 Å². The Kier molecular flexibility index (Phi) is 5.68. The summed E-state index contributed by atoms with van der Waals surface area (Å²) in [5.41, 5.74) is 2.32. The minimum Gasteiger partial charge on any atom is -0.355 e. The first-order chi connectivity index (χ1) is 16.1. The highest BCUT2D eigenvalue weighted by Crippen LogP contribution is 2.31. The first-order valence-corrected chi connectivity index (χ1v) is 11.2. The highest BCUT2D eigenvalue weighted by molar-refractivity contribution is 6.02. The standard InChI is InChI=1S/C24H25N7O2/c1-3-21-29-24(33-30-21)18-13-26-15(2)27-22(18)31-12-6-7-16(14-31)23(32)28-20-10-4-9-19-17(20)8-5-11-25-19/h4-5,8-11,13,16H,3,6-7,12,14H2,1-2H3,(H,28,32). The molecule has 1 aromatic carbocycles. The topological polar surface area (TPSA) is 110 Å². The summed E-state index contributed by atoms with van der Waals surface area (Å²) in [4.78, 5) is 33.2. The summed E-state index contributed by atoms with van der Waals surface area (Å²) >= 11 is 0. The Morgan fingerprint density at radius 1 is 1.21 bits per heavy atom. The molecule has 1 atom stereocenters. The number of nitrogens with zero attached hydrogens (tertiary/aromatic N) is 6. The van der Waals surface area contributed by atoms with Crippen molar-refractivity contribution in [3.8, 4) is 11.5 Å². The number of amides is 1. The molecule has 9 nitrogen and oxygen atoms in total. The van der Waals surface area contributed by atoms with Gasteiger partial charge in [-0.1, -0.05) is 18.1 Å². The lowest BCUT2D eigenvalue weighted by Crippen LogP contribution is -2.41. The van der Waals surface area contributed by atoms with E-state index in [2.05, 4.69) is 35.3 Å². The van der Waals surface area contributed by atoms with Gasteiger partial charge in [-0.05, 0) is 44.0 Å². The first-order valence-electron chi connectivity index (χ1n) is 11.2. The van der Waals surface area contributed by atoms with Crippen LogP contribution in [0, 0.1) is 12.8 Å². The number of anilines is 2. The number of rotatable bonds is 5. The molecule has 1 aliphatic rings. The number of aryl methyl sites for hydroxylation is 2. The second kappa shape index (κ2) is 8.93. The molecule has 9 heteroatoms. The molecule has 4 aromatic rings. The quantitative estimate of drug-likeness (QED) is 0.496. The summed E-state index contributed by atoms with van der Waals surface area (Å²) in [6.45, 7) is 5.16. The van der Waals surface area contributed by atoms with E-state index in [4.69, 9.17) is 4.52 Å². The average molecular weight is 444 g/mol. The van der Waals surface area contributed by atoms with Gasteiger partial charge in [0.15, 0.2) is 5.82 Å². The van der Waals surface area contributed by atoms with Crippen molar-refractivity contribution in [2.24, 2.45) is 5.92 Å². The van der Waals surface area contributed by atoms with Gasteiger partial charge in [0.25, 0.3) is 5.89 Å². The Labute approximate surface area is 191 Å². The molecule has 5 rings (SSSR count). The molecule has 1 amide bonds. The molecule has 0 spiro atoms. The third-order valence-electron chi connectivity index (χ3n) is 5.90. The molecule has 0 bridgehead atoms. The lowest BCUT2D eigenvalue weighted by molar-refractivity contribution is -0.120. The Bertz CT molecular complexity index is 1300. The third-order valence-corrected chi connectivity index (χ3v) is 5.90. The van der Waals surface area contributed by atoms with Crippen LogP contribution < -0.4 is 10.2 Å². The second-order valence-electron chi connectivity index (χ2n) is 8.17. The van der Waals surface area contributed by atoms with Gasteiger partial charge in [-0.2, -0.15) is 4.98 Å². The lowest BCUT2D eigenvalue weighted by Gasteiger charge is -2.33. The Balaban J connectivity index is 1.39. The summed E-state index contributed by atoms with van der Waals surface area (Å²) in [5.74, 6) is 2.23. The summed E-state index contributed by atoms with van der Waals surface area (Å²) in [6, 6.07) is 9.60. The van der Waals surface area contributed by atoms with Gasteiger partial charge in [-0.15, -0.1) is 0 Å². The van der Waals surface area contributed by atoms with Gasteiger partial charge in [0.05, 0.1) is 17.1 Å². The van der Waals surface area contributed by atoms with Crippen LogP contribution in [0.15, 0.2) is 47.2 Å². The van der Waals surface area contributed by atoms with Crippen molar-refractivity contribution in [1.82, 2.24) is 25.1 Å². The molecule has 168 valence electrons. The normalized spacial score (nSPS) is 16.2. The van der Waals surface area contributed by atoms with Crippen LogP contribution in [0.25, 0.3) is 22.4 Å². The summed E-state index contributed by atoms with van der Waals surface area (Å²) in [7, 11) is 0. The number of nitrogens with one attached hydrogen (secondary N) is 1. The minimum atomic E-state index is -0.178. The third kappa shape index (κ3) is 4.26. The largest absolute Gasteiger partial charge is 0.355 e. The lowest BCUT2D eigenvalue weighted by atomic mass is 9.96. The number of hydrogen-bond acceptors (Lipinski definition) is 8. The highest BCUT2D eigenvalue weighted by Gasteiger charge is 2.29. The molecule has 0 radical (unpaired) electrons. The van der Waals surface area contributed by atoms with Crippen LogP contribution in [0.5, 0.6) is 0 Å². The monoisotopic (exact) mass is 443 g/mol. The fourth-order valence-corrected chi connectivity index (χ4v) is 4.19. The SMILES string of the molecule is CCc1noc(-c2cnc(C)nc2N2CCCC(C(=O)Nc3cccc4ncccc34)C2)n1. The van der Waals surface area contributed by atoms with Crippen molar-refractivity contribution in [2.75, 3.05) is 23.3 Å². The minimum absolute atomic E-state index is 0.00515. The van der Waals surface area contributed by atoms with E-state index in [0.29, 0.717) is 36.1 Å². The van der Waals surface area contributed by atoms with Crippen LogP contribution >= 0.6 is 0 Å². The first kappa shape index (κ1) is 21.0. The maximum atomic E-state index is 13.2. The molecule has 0 saturated carbocycles. The second-order valence-corrected chi connectivity index (χ2v) is 8.17. The van der Waals surface area contributed by atoms with Gasteiger partial charge in [-0.3, -0.25) is 9.78 Å². The maximum absolute atomic E-state index is 13.2. The summed E-state index contributed by atoms with van der Waals surface area (Å²) in [5, 5.41) is 8.05. The van der Waals surface area contributed by atoms with E-state index in [9.17, 15) is 4.79 Å². The van der Waals surface area contributed by atoms with Crippen LogP contribution in [0.1, 0.15) is 31.4 Å². The van der Waals surface area contributed by atoms with Crippen molar-refractivity contribution in [3.05, 3.63) is 54.4 Å². The van der Waals surface area contributed by atoms with E-state index >= 15 is 0 Å². The van der Waals surface area contributed by atoms with E-state index in [1.807, 2.05) is 44.2 Å². The molecule has 0 aliphatic carbocycles. The number of fused-ring (bicyclic) bond motifs is 1. The van der Waals surface area contributed by atoms with Gasteiger partial charge >= 0.3 is 0 Å². The molecule has 1 N–H and O–H groups in total. The van der Waals surface area contributed by atoms with E-state index in [1.54, 1.807) is 12.4 Å². The summed E-state index contributed by atoms with van der Waals surface area (Å²) < 4.78 is 5.45. The number of aromatic nitrogens is 5. The zero-order chi connectivity index (χ0) is 22.8. The van der Waals surface area contributed by atoms with Crippen LogP contribution in [0.2, 0.25) is 0 Å². The van der Waals surface area contributed by atoms with Crippen LogP contribution in [0.3, 0.4) is 0 Å². The van der Waals surface area contributed by atoms with Crippen LogP contribution in [-0.2, 0) is 11.2 Å². The van der Waals surface area contributed by atoms with Gasteiger partial charge in [0.2, 0.25) is 5.91 Å². The number of benzene rings is 1. The van der Waals surface area contributed by atoms with Crippen molar-refractivity contribution in [3.63, 3.8) is 0 Å². The smallest absolute Gasteiger partial charge is 0.263 e. The predicted octanol–water partition coefficient (Wildman–Crippen LogP) is 3.80. The Morgan fingerprint density at radius 3 is 2.97 bits per heavy atom. The maximum Gasteiger partial charge on any atom is 0.263 e. The number of piperidine rings is 1. The van der Waals surface area contributed by atoms with Crippen molar-refractivity contribution in [1.29, 1.82) is 0 Å².